The number of rotatable bonds is 4. The van der Waals surface area contributed by atoms with Gasteiger partial charge in [0.25, 0.3) is 0 Å². The van der Waals surface area contributed by atoms with Crippen LogP contribution in [0.2, 0.25) is 0 Å². The lowest BCUT2D eigenvalue weighted by molar-refractivity contribution is 0.196. The fraction of sp³-hybridized carbons (Fsp3) is 0.625. The maximum absolute atomic E-state index is 3.48. The van der Waals surface area contributed by atoms with Gasteiger partial charge >= 0.3 is 0 Å². The van der Waals surface area contributed by atoms with Crippen LogP contribution in [0.1, 0.15) is 43.7 Å². The maximum atomic E-state index is 3.48. The second-order valence-corrected chi connectivity index (χ2v) is 5.81. The molecule has 2 heteroatoms. The van der Waals surface area contributed by atoms with Gasteiger partial charge in [0.2, 0.25) is 0 Å². The van der Waals surface area contributed by atoms with Crippen LogP contribution in [0, 0.1) is 0 Å². The molecule has 0 bridgehead atoms. The monoisotopic (exact) mass is 246 g/mol. The van der Waals surface area contributed by atoms with E-state index in [0.717, 1.165) is 13.1 Å². The van der Waals surface area contributed by atoms with Crippen LogP contribution in [0.15, 0.2) is 24.3 Å². The van der Waals surface area contributed by atoms with E-state index in [4.69, 9.17) is 0 Å². The van der Waals surface area contributed by atoms with E-state index in [0.29, 0.717) is 12.0 Å². The van der Waals surface area contributed by atoms with Crippen molar-refractivity contribution < 1.29 is 0 Å². The highest BCUT2D eigenvalue weighted by Crippen LogP contribution is 2.17. The fourth-order valence-electron chi connectivity index (χ4n) is 2.63. The van der Waals surface area contributed by atoms with E-state index in [2.05, 4.69) is 55.4 Å². The molecule has 1 N–H and O–H groups in total. The van der Waals surface area contributed by atoms with Crippen LogP contribution in [0.4, 0.5) is 0 Å². The third-order valence-corrected chi connectivity index (χ3v) is 3.97. The molecule has 0 amide bonds. The minimum Gasteiger partial charge on any atom is -0.315 e. The van der Waals surface area contributed by atoms with Crippen LogP contribution >= 0.6 is 0 Å². The molecule has 1 unspecified atom stereocenters. The van der Waals surface area contributed by atoms with E-state index in [1.54, 1.807) is 0 Å². The zero-order chi connectivity index (χ0) is 13.0. The number of hydrogen-bond donors (Lipinski definition) is 1. The molecule has 1 aromatic carbocycles. The van der Waals surface area contributed by atoms with Crippen molar-refractivity contribution in [3.05, 3.63) is 35.4 Å². The van der Waals surface area contributed by atoms with Gasteiger partial charge in [0.1, 0.15) is 0 Å². The third kappa shape index (κ3) is 3.56. The van der Waals surface area contributed by atoms with Gasteiger partial charge in [0.05, 0.1) is 0 Å². The van der Waals surface area contributed by atoms with Crippen molar-refractivity contribution in [1.82, 2.24) is 10.2 Å². The molecule has 18 heavy (non-hydrogen) atoms. The van der Waals surface area contributed by atoms with Crippen molar-refractivity contribution in [2.75, 3.05) is 20.1 Å². The van der Waals surface area contributed by atoms with Gasteiger partial charge < -0.3 is 5.32 Å². The lowest BCUT2D eigenvalue weighted by atomic mass is 10.0. The van der Waals surface area contributed by atoms with E-state index in [1.807, 2.05) is 0 Å². The van der Waals surface area contributed by atoms with E-state index < -0.39 is 0 Å². The lowest BCUT2D eigenvalue weighted by Crippen LogP contribution is -2.43. The van der Waals surface area contributed by atoms with Crippen molar-refractivity contribution in [2.45, 2.75) is 45.2 Å². The summed E-state index contributed by atoms with van der Waals surface area (Å²) < 4.78 is 0. The summed E-state index contributed by atoms with van der Waals surface area (Å²) in [7, 11) is 2.24. The second kappa shape index (κ2) is 6.35. The van der Waals surface area contributed by atoms with Gasteiger partial charge in [-0.05, 0) is 43.5 Å². The summed E-state index contributed by atoms with van der Waals surface area (Å²) >= 11 is 0. The number of piperidine rings is 1. The van der Waals surface area contributed by atoms with Gasteiger partial charge in [-0.25, -0.2) is 0 Å². The summed E-state index contributed by atoms with van der Waals surface area (Å²) in [5, 5.41) is 3.48. The Balaban J connectivity index is 1.91. The van der Waals surface area contributed by atoms with Crippen molar-refractivity contribution >= 4 is 0 Å². The molecule has 100 valence electrons. The molecule has 1 atom stereocenters. The van der Waals surface area contributed by atoms with Crippen LogP contribution < -0.4 is 5.32 Å². The van der Waals surface area contributed by atoms with E-state index in [9.17, 15) is 0 Å². The summed E-state index contributed by atoms with van der Waals surface area (Å²) in [6.45, 7) is 7.88. The number of nitrogens with one attached hydrogen (secondary N) is 1. The Labute approximate surface area is 111 Å². The predicted octanol–water partition coefficient (Wildman–Crippen LogP) is 2.99. The van der Waals surface area contributed by atoms with E-state index in [1.165, 1.54) is 30.5 Å². The molecule has 0 aromatic heterocycles. The highest BCUT2D eigenvalue weighted by atomic mass is 15.2. The second-order valence-electron chi connectivity index (χ2n) is 5.81. The van der Waals surface area contributed by atoms with Gasteiger partial charge in [0, 0.05) is 19.1 Å². The predicted molar refractivity (Wildman–Crippen MR) is 77.9 cm³/mol. The lowest BCUT2D eigenvalue weighted by Gasteiger charge is -2.31. The largest absolute Gasteiger partial charge is 0.315 e. The normalized spacial score (nSPS) is 20.6. The topological polar surface area (TPSA) is 15.3 Å². The Bertz CT molecular complexity index is 350. The summed E-state index contributed by atoms with van der Waals surface area (Å²) in [6, 6.07) is 9.80. The number of likely N-dealkylation sites (N-methyl/N-ethyl adjacent to an activating group) is 1. The molecule has 0 radical (unpaired) electrons. The molecule has 2 rings (SSSR count). The van der Waals surface area contributed by atoms with Gasteiger partial charge in [-0.1, -0.05) is 38.1 Å². The molecule has 1 fully saturated rings. The van der Waals surface area contributed by atoms with E-state index in [-0.39, 0.29) is 0 Å². The number of hydrogen-bond acceptors (Lipinski definition) is 2. The Hall–Kier alpha value is -0.860. The van der Waals surface area contributed by atoms with Crippen LogP contribution in [0.3, 0.4) is 0 Å². The number of nitrogens with zero attached hydrogens (tertiary/aromatic N) is 1. The average Bonchev–Trinajstić information content (AvgIpc) is 2.40. The molecule has 0 saturated carbocycles. The molecule has 1 aliphatic rings. The number of benzene rings is 1. The van der Waals surface area contributed by atoms with Gasteiger partial charge in [-0.15, -0.1) is 0 Å². The van der Waals surface area contributed by atoms with Gasteiger partial charge in [0.15, 0.2) is 0 Å². The minimum atomic E-state index is 0.624. The van der Waals surface area contributed by atoms with Gasteiger partial charge in [-0.3, -0.25) is 4.90 Å². The third-order valence-electron chi connectivity index (χ3n) is 3.97. The summed E-state index contributed by atoms with van der Waals surface area (Å²) in [5.74, 6) is 0.624. The molecule has 0 spiro atoms. The maximum Gasteiger partial charge on any atom is 0.0234 e. The molecule has 1 aromatic rings. The fourth-order valence-corrected chi connectivity index (χ4v) is 2.63. The summed E-state index contributed by atoms with van der Waals surface area (Å²) in [6.07, 6.45) is 2.63. The Kier molecular flexibility index (Phi) is 4.79. The molecule has 1 aliphatic heterocycles. The van der Waals surface area contributed by atoms with Crippen LogP contribution in [-0.4, -0.2) is 31.1 Å². The standard InChI is InChI=1S/C16H26N2/c1-13(2)15-8-6-14(7-9-15)12-18(3)16-5-4-10-17-11-16/h6-9,13,16-17H,4-5,10-12H2,1-3H3. The molecular weight excluding hydrogens is 220 g/mol. The van der Waals surface area contributed by atoms with Crippen LogP contribution in [0.5, 0.6) is 0 Å². The zero-order valence-corrected chi connectivity index (χ0v) is 11.9. The Morgan fingerprint density at radius 1 is 1.28 bits per heavy atom. The molecule has 1 saturated heterocycles. The Morgan fingerprint density at radius 3 is 2.56 bits per heavy atom. The van der Waals surface area contributed by atoms with Crippen molar-refractivity contribution in [1.29, 1.82) is 0 Å². The molecule has 0 aliphatic carbocycles. The quantitative estimate of drug-likeness (QED) is 0.878. The van der Waals surface area contributed by atoms with Gasteiger partial charge in [-0.2, -0.15) is 0 Å². The first-order chi connectivity index (χ1) is 8.66. The smallest absolute Gasteiger partial charge is 0.0234 e. The first-order valence-electron chi connectivity index (χ1n) is 7.16. The van der Waals surface area contributed by atoms with Crippen LogP contribution in [0.25, 0.3) is 0 Å². The highest BCUT2D eigenvalue weighted by Gasteiger charge is 2.17. The molecule has 2 nitrogen and oxygen atoms in total. The minimum absolute atomic E-state index is 0.624. The van der Waals surface area contributed by atoms with Crippen molar-refractivity contribution in [3.63, 3.8) is 0 Å². The Morgan fingerprint density at radius 2 is 2.00 bits per heavy atom. The highest BCUT2D eigenvalue weighted by molar-refractivity contribution is 5.24. The molecule has 1 heterocycles. The van der Waals surface area contributed by atoms with Crippen molar-refractivity contribution in [2.24, 2.45) is 0 Å². The van der Waals surface area contributed by atoms with E-state index >= 15 is 0 Å². The first-order valence-corrected chi connectivity index (χ1v) is 7.16. The summed E-state index contributed by atoms with van der Waals surface area (Å²) in [5.41, 5.74) is 2.85. The zero-order valence-electron chi connectivity index (χ0n) is 11.9. The SMILES string of the molecule is CC(C)c1ccc(CN(C)C2CCCNC2)cc1. The first kappa shape index (κ1) is 13.6. The summed E-state index contributed by atoms with van der Waals surface area (Å²) in [4.78, 5) is 2.48. The van der Waals surface area contributed by atoms with Crippen LogP contribution in [-0.2, 0) is 6.54 Å². The average molecular weight is 246 g/mol. The van der Waals surface area contributed by atoms with Crippen molar-refractivity contribution in [3.8, 4) is 0 Å². The molecular formula is C16H26N2.